The van der Waals surface area contributed by atoms with Gasteiger partial charge in [-0.25, -0.2) is 8.78 Å². The van der Waals surface area contributed by atoms with E-state index in [4.69, 9.17) is 0 Å². The highest BCUT2D eigenvalue weighted by molar-refractivity contribution is 5.38. The van der Waals surface area contributed by atoms with Crippen LogP contribution in [0.15, 0.2) is 24.3 Å². The van der Waals surface area contributed by atoms with Crippen molar-refractivity contribution in [1.82, 2.24) is 0 Å². The Kier molecular flexibility index (Phi) is 2.09. The van der Waals surface area contributed by atoms with Crippen molar-refractivity contribution in [2.75, 3.05) is 0 Å². The van der Waals surface area contributed by atoms with Gasteiger partial charge in [0, 0.05) is 6.42 Å². The van der Waals surface area contributed by atoms with Gasteiger partial charge in [0.2, 0.25) is 0 Å². The highest BCUT2D eigenvalue weighted by Gasteiger charge is 2.58. The van der Waals surface area contributed by atoms with Gasteiger partial charge in [-0.1, -0.05) is 38.1 Å². The molecule has 2 heteroatoms. The molecule has 0 heterocycles. The number of hydrogen-bond donors (Lipinski definition) is 0. The van der Waals surface area contributed by atoms with Gasteiger partial charge in [0.15, 0.2) is 0 Å². The summed E-state index contributed by atoms with van der Waals surface area (Å²) in [5, 5.41) is 0. The zero-order valence-electron chi connectivity index (χ0n) is 8.43. The van der Waals surface area contributed by atoms with Crippen LogP contribution in [0.2, 0.25) is 0 Å². The topological polar surface area (TPSA) is 0 Å². The van der Waals surface area contributed by atoms with Crippen LogP contribution in [0.5, 0.6) is 0 Å². The van der Waals surface area contributed by atoms with E-state index in [0.29, 0.717) is 5.92 Å². The fourth-order valence-electron chi connectivity index (χ4n) is 1.90. The van der Waals surface area contributed by atoms with E-state index in [1.807, 2.05) is 38.1 Å². The van der Waals surface area contributed by atoms with Crippen molar-refractivity contribution in [2.45, 2.75) is 38.0 Å². The van der Waals surface area contributed by atoms with Crippen molar-refractivity contribution in [1.29, 1.82) is 0 Å². The van der Waals surface area contributed by atoms with Gasteiger partial charge in [-0.05, 0) is 17.0 Å². The van der Waals surface area contributed by atoms with E-state index < -0.39 is 11.8 Å². The highest BCUT2D eigenvalue weighted by Crippen LogP contribution is 2.56. The normalized spacial score (nSPS) is 23.9. The summed E-state index contributed by atoms with van der Waals surface area (Å²) in [6, 6.07) is 7.55. The minimum atomic E-state index is -2.45. The molecule has 0 nitrogen and oxygen atoms in total. The Bertz CT molecular complexity index is 342. The van der Waals surface area contributed by atoms with Crippen molar-refractivity contribution in [3.8, 4) is 0 Å². The van der Waals surface area contributed by atoms with Gasteiger partial charge in [0.25, 0.3) is 5.92 Å². The molecule has 0 unspecified atom stereocenters. The van der Waals surface area contributed by atoms with Crippen molar-refractivity contribution in [3.05, 3.63) is 35.4 Å². The maximum absolute atomic E-state index is 12.9. The molecule has 0 aromatic heterocycles. The number of rotatable bonds is 2. The van der Waals surface area contributed by atoms with Crippen LogP contribution in [0, 0.1) is 0 Å². The molecule has 1 aromatic rings. The molecule has 0 saturated heterocycles. The monoisotopic (exact) mass is 196 g/mol. The van der Waals surface area contributed by atoms with Gasteiger partial charge in [0.1, 0.15) is 0 Å². The lowest BCUT2D eigenvalue weighted by molar-refractivity contribution is 0.112. The zero-order chi connectivity index (χ0) is 10.3. The molecule has 0 bridgehead atoms. The van der Waals surface area contributed by atoms with E-state index in [-0.39, 0.29) is 6.42 Å². The molecule has 76 valence electrons. The van der Waals surface area contributed by atoms with E-state index in [1.54, 1.807) is 0 Å². The third-order valence-electron chi connectivity index (χ3n) is 2.82. The number of halogens is 2. The van der Waals surface area contributed by atoms with E-state index in [9.17, 15) is 8.78 Å². The maximum atomic E-state index is 12.9. The Morgan fingerprint density at radius 2 is 1.86 bits per heavy atom. The van der Waals surface area contributed by atoms with Crippen LogP contribution in [-0.4, -0.2) is 5.92 Å². The molecule has 1 fully saturated rings. The molecule has 1 aliphatic carbocycles. The molecule has 1 aliphatic rings. The Labute approximate surface area is 82.9 Å². The van der Waals surface area contributed by atoms with Crippen molar-refractivity contribution in [2.24, 2.45) is 0 Å². The summed E-state index contributed by atoms with van der Waals surface area (Å²) in [6.07, 6.45) is 0.0245. The second-order valence-electron chi connectivity index (χ2n) is 4.30. The Morgan fingerprint density at radius 1 is 1.29 bits per heavy atom. The Balaban J connectivity index is 2.34. The van der Waals surface area contributed by atoms with Crippen LogP contribution in [0.25, 0.3) is 0 Å². The fraction of sp³-hybridized carbons (Fsp3) is 0.500. The van der Waals surface area contributed by atoms with Gasteiger partial charge < -0.3 is 0 Å². The number of benzene rings is 1. The first-order valence-corrected chi connectivity index (χ1v) is 4.99. The second kappa shape index (κ2) is 3.04. The van der Waals surface area contributed by atoms with Gasteiger partial charge >= 0.3 is 0 Å². The minimum absolute atomic E-state index is 0.0245. The third kappa shape index (κ3) is 1.54. The molecule has 0 radical (unpaired) electrons. The van der Waals surface area contributed by atoms with Crippen LogP contribution in [0.3, 0.4) is 0 Å². The zero-order valence-corrected chi connectivity index (χ0v) is 8.43. The second-order valence-corrected chi connectivity index (χ2v) is 4.30. The first-order chi connectivity index (χ1) is 6.52. The number of hydrogen-bond acceptors (Lipinski definition) is 0. The molecule has 0 aliphatic heterocycles. The molecular weight excluding hydrogens is 182 g/mol. The molecule has 2 rings (SSSR count). The van der Waals surface area contributed by atoms with E-state index in [1.165, 1.54) is 0 Å². The summed E-state index contributed by atoms with van der Waals surface area (Å²) in [4.78, 5) is 0. The van der Waals surface area contributed by atoms with E-state index >= 15 is 0 Å². The first kappa shape index (κ1) is 9.63. The average molecular weight is 196 g/mol. The van der Waals surface area contributed by atoms with Crippen molar-refractivity contribution >= 4 is 0 Å². The van der Waals surface area contributed by atoms with Crippen LogP contribution in [0.1, 0.15) is 43.2 Å². The highest BCUT2D eigenvalue weighted by atomic mass is 19.3. The molecular formula is C12H14F2. The smallest absolute Gasteiger partial charge is 0.206 e. The summed E-state index contributed by atoms with van der Waals surface area (Å²) >= 11 is 0. The van der Waals surface area contributed by atoms with Gasteiger partial charge in [0.05, 0.1) is 5.92 Å². The average Bonchev–Trinajstić information content (AvgIpc) is 2.75. The van der Waals surface area contributed by atoms with Crippen LogP contribution in [0.4, 0.5) is 8.78 Å². The molecule has 14 heavy (non-hydrogen) atoms. The first-order valence-electron chi connectivity index (χ1n) is 4.99. The van der Waals surface area contributed by atoms with Crippen LogP contribution in [-0.2, 0) is 0 Å². The SMILES string of the molecule is CC(C)c1ccccc1[C@@H]1CC1(F)F. The Hall–Kier alpha value is -0.920. The summed E-state index contributed by atoms with van der Waals surface area (Å²) in [5.74, 6) is -2.66. The van der Waals surface area contributed by atoms with Crippen molar-refractivity contribution < 1.29 is 8.78 Å². The lowest BCUT2D eigenvalue weighted by Crippen LogP contribution is -1.99. The van der Waals surface area contributed by atoms with Crippen LogP contribution >= 0.6 is 0 Å². The molecule has 0 spiro atoms. The Morgan fingerprint density at radius 3 is 2.36 bits per heavy atom. The van der Waals surface area contributed by atoms with Crippen LogP contribution < -0.4 is 0 Å². The lowest BCUT2D eigenvalue weighted by Gasteiger charge is -2.11. The quantitative estimate of drug-likeness (QED) is 0.672. The predicted octanol–water partition coefficient (Wildman–Crippen LogP) is 3.93. The molecule has 0 amide bonds. The van der Waals surface area contributed by atoms with Gasteiger partial charge in [-0.15, -0.1) is 0 Å². The van der Waals surface area contributed by atoms with Gasteiger partial charge in [-0.2, -0.15) is 0 Å². The van der Waals surface area contributed by atoms with Gasteiger partial charge in [-0.3, -0.25) is 0 Å². The van der Waals surface area contributed by atoms with E-state index in [0.717, 1.165) is 11.1 Å². The lowest BCUT2D eigenvalue weighted by atomic mass is 9.94. The predicted molar refractivity (Wildman–Crippen MR) is 52.8 cm³/mol. The largest absolute Gasteiger partial charge is 0.255 e. The molecule has 1 saturated carbocycles. The summed E-state index contributed by atoms with van der Waals surface area (Å²) < 4.78 is 25.9. The summed E-state index contributed by atoms with van der Waals surface area (Å²) in [5.41, 5.74) is 1.90. The van der Waals surface area contributed by atoms with E-state index in [2.05, 4.69) is 0 Å². The molecule has 0 N–H and O–H groups in total. The fourth-order valence-corrected chi connectivity index (χ4v) is 1.90. The minimum Gasteiger partial charge on any atom is -0.206 e. The standard InChI is InChI=1S/C12H14F2/c1-8(2)9-5-3-4-6-10(9)11-7-12(11,13)14/h3-6,8,11H,7H2,1-2H3/t11-/m0/s1. The maximum Gasteiger partial charge on any atom is 0.255 e. The number of alkyl halides is 2. The summed E-state index contributed by atoms with van der Waals surface area (Å²) in [6.45, 7) is 4.08. The third-order valence-corrected chi connectivity index (χ3v) is 2.82. The molecule has 1 aromatic carbocycles. The summed E-state index contributed by atoms with van der Waals surface area (Å²) in [7, 11) is 0. The molecule has 1 atom stereocenters. The van der Waals surface area contributed by atoms with Crippen molar-refractivity contribution in [3.63, 3.8) is 0 Å².